The van der Waals surface area contributed by atoms with E-state index >= 15 is 0 Å². The number of para-hydroxylation sites is 1. The van der Waals surface area contributed by atoms with E-state index in [1.54, 1.807) is 0 Å². The Morgan fingerprint density at radius 1 is 0.920 bits per heavy atom. The number of rotatable bonds is 3. The fourth-order valence-electron chi connectivity index (χ4n) is 3.22. The summed E-state index contributed by atoms with van der Waals surface area (Å²) < 4.78 is 5.88. The van der Waals surface area contributed by atoms with Crippen molar-refractivity contribution in [2.24, 2.45) is 0 Å². The number of hydrogen-bond donors (Lipinski definition) is 0. The van der Waals surface area contributed by atoms with Crippen LogP contribution in [0.2, 0.25) is 0 Å². The van der Waals surface area contributed by atoms with Crippen LogP contribution in [-0.4, -0.2) is 5.97 Å². The first-order valence-corrected chi connectivity index (χ1v) is 7.88. The number of aromatic carboxylic acids is 1. The van der Waals surface area contributed by atoms with Gasteiger partial charge in [0.1, 0.15) is 11.5 Å². The third-order valence-electron chi connectivity index (χ3n) is 4.36. The van der Waals surface area contributed by atoms with Gasteiger partial charge in [-0.15, -0.1) is 0 Å². The van der Waals surface area contributed by atoms with Crippen LogP contribution in [0, 0.1) is 0 Å². The molecule has 0 aliphatic carbocycles. The first-order chi connectivity index (χ1) is 11.7. The molecule has 0 bridgehead atoms. The summed E-state index contributed by atoms with van der Waals surface area (Å²) in [5, 5.41) is 11.8. The van der Waals surface area contributed by atoms with Gasteiger partial charge < -0.3 is 14.6 Å². The van der Waals surface area contributed by atoms with Crippen molar-refractivity contribution in [3.63, 3.8) is 0 Å². The summed E-state index contributed by atoms with van der Waals surface area (Å²) in [6.07, 6.45) is 1.09. The van der Waals surface area contributed by atoms with Crippen LogP contribution < -0.4 is 61.2 Å². The van der Waals surface area contributed by atoms with E-state index in [1.165, 1.54) is 0 Å². The molecule has 3 aromatic rings. The molecule has 4 rings (SSSR count). The Balaban J connectivity index is 0.00000182. The number of carboxylic acids is 1. The maximum absolute atomic E-state index is 11.8. The summed E-state index contributed by atoms with van der Waals surface area (Å²) >= 11 is 0. The van der Waals surface area contributed by atoms with Gasteiger partial charge in [0.25, 0.3) is 0 Å². The molecule has 4 heteroatoms. The summed E-state index contributed by atoms with van der Waals surface area (Å²) in [6.45, 7) is 0. The standard InChI is InChI=1S/C21H16O3.K/c22-21(23)20-16(12-14-6-2-1-3-7-14)10-11-19-17(20)13-15-8-4-5-9-18(15)24-19;/h1-11H,12-13H2,(H,22,23);/q;+1/p-1. The first-order valence-electron chi connectivity index (χ1n) is 7.88. The van der Waals surface area contributed by atoms with Gasteiger partial charge in [0, 0.05) is 17.5 Å². The maximum Gasteiger partial charge on any atom is 1.00 e. The molecule has 1 aliphatic heterocycles. The smallest absolute Gasteiger partial charge is 0.545 e. The molecule has 3 aromatic carbocycles. The van der Waals surface area contributed by atoms with Crippen LogP contribution in [0.4, 0.5) is 0 Å². The molecule has 0 saturated carbocycles. The van der Waals surface area contributed by atoms with E-state index in [1.807, 2.05) is 66.7 Å². The van der Waals surface area contributed by atoms with E-state index in [-0.39, 0.29) is 56.9 Å². The van der Waals surface area contributed by atoms with Crippen molar-refractivity contribution in [3.05, 3.63) is 94.5 Å². The van der Waals surface area contributed by atoms with Gasteiger partial charge in [-0.1, -0.05) is 54.6 Å². The largest absolute Gasteiger partial charge is 1.00 e. The maximum atomic E-state index is 11.8. The number of ether oxygens (including phenoxy) is 1. The van der Waals surface area contributed by atoms with Crippen molar-refractivity contribution in [3.8, 4) is 11.5 Å². The van der Waals surface area contributed by atoms with E-state index in [4.69, 9.17) is 4.74 Å². The van der Waals surface area contributed by atoms with Gasteiger partial charge in [-0.25, -0.2) is 0 Å². The second-order valence-electron chi connectivity index (χ2n) is 5.91. The number of carboxylic acid groups (broad SMARTS) is 1. The summed E-state index contributed by atoms with van der Waals surface area (Å²) in [5.74, 6) is 0.232. The third-order valence-corrected chi connectivity index (χ3v) is 4.36. The molecular formula is C21H15KO3. The minimum Gasteiger partial charge on any atom is -0.545 e. The summed E-state index contributed by atoms with van der Waals surface area (Å²) in [5.41, 5.74) is 3.76. The molecule has 0 atom stereocenters. The predicted molar refractivity (Wildman–Crippen MR) is 89.3 cm³/mol. The zero-order valence-electron chi connectivity index (χ0n) is 14.0. The summed E-state index contributed by atoms with van der Waals surface area (Å²) in [7, 11) is 0. The molecule has 25 heavy (non-hydrogen) atoms. The van der Waals surface area contributed by atoms with E-state index in [0.717, 1.165) is 22.4 Å². The Labute approximate surface area is 189 Å². The molecule has 0 fully saturated rings. The first kappa shape index (κ1) is 18.4. The molecule has 118 valence electrons. The minimum atomic E-state index is -1.15. The SMILES string of the molecule is O=C([O-])c1c(Cc2ccccc2)ccc2c1Cc1ccccc1O2.[K+]. The van der Waals surface area contributed by atoms with Gasteiger partial charge in [-0.2, -0.15) is 0 Å². The number of carbonyl (C=O) groups excluding carboxylic acids is 1. The van der Waals surface area contributed by atoms with Gasteiger partial charge in [0.15, 0.2) is 0 Å². The van der Waals surface area contributed by atoms with Gasteiger partial charge in [-0.3, -0.25) is 0 Å². The van der Waals surface area contributed by atoms with Crippen LogP contribution in [-0.2, 0) is 12.8 Å². The van der Waals surface area contributed by atoms with Crippen LogP contribution in [0.1, 0.15) is 32.6 Å². The number of fused-ring (bicyclic) bond motifs is 2. The average molecular weight is 354 g/mol. The van der Waals surface area contributed by atoms with Crippen LogP contribution in [0.3, 0.4) is 0 Å². The Morgan fingerprint density at radius 3 is 2.40 bits per heavy atom. The fraction of sp³-hybridized carbons (Fsp3) is 0.0952. The quantitative estimate of drug-likeness (QED) is 0.499. The third kappa shape index (κ3) is 3.73. The van der Waals surface area contributed by atoms with Crippen molar-refractivity contribution in [2.75, 3.05) is 0 Å². The van der Waals surface area contributed by atoms with E-state index in [0.29, 0.717) is 24.2 Å². The van der Waals surface area contributed by atoms with Crippen molar-refractivity contribution < 1.29 is 66.0 Å². The summed E-state index contributed by atoms with van der Waals surface area (Å²) in [6, 6.07) is 21.2. The van der Waals surface area contributed by atoms with Gasteiger partial charge in [-0.05, 0) is 35.2 Å². The van der Waals surface area contributed by atoms with Crippen LogP contribution >= 0.6 is 0 Å². The van der Waals surface area contributed by atoms with Gasteiger partial charge in [0.05, 0.1) is 5.97 Å². The average Bonchev–Trinajstić information content (AvgIpc) is 2.60. The van der Waals surface area contributed by atoms with Crippen molar-refractivity contribution >= 4 is 5.97 Å². The topological polar surface area (TPSA) is 49.4 Å². The zero-order chi connectivity index (χ0) is 16.5. The molecule has 0 saturated heterocycles. The summed E-state index contributed by atoms with van der Waals surface area (Å²) in [4.78, 5) is 11.8. The molecule has 0 N–H and O–H groups in total. The minimum absolute atomic E-state index is 0. The van der Waals surface area contributed by atoms with Crippen LogP contribution in [0.15, 0.2) is 66.7 Å². The normalized spacial score (nSPS) is 11.5. The van der Waals surface area contributed by atoms with Crippen molar-refractivity contribution in [1.82, 2.24) is 0 Å². The van der Waals surface area contributed by atoms with Gasteiger partial charge in [0.2, 0.25) is 0 Å². The Morgan fingerprint density at radius 2 is 1.64 bits per heavy atom. The van der Waals surface area contributed by atoms with Crippen LogP contribution in [0.5, 0.6) is 11.5 Å². The Hall–Kier alpha value is -1.43. The van der Waals surface area contributed by atoms with Crippen molar-refractivity contribution in [1.29, 1.82) is 0 Å². The number of benzene rings is 3. The zero-order valence-corrected chi connectivity index (χ0v) is 17.1. The predicted octanol–water partition coefficient (Wildman–Crippen LogP) is 0.341. The second kappa shape index (κ2) is 7.85. The number of hydrogen-bond acceptors (Lipinski definition) is 3. The van der Waals surface area contributed by atoms with Crippen molar-refractivity contribution in [2.45, 2.75) is 12.8 Å². The molecule has 0 radical (unpaired) electrons. The van der Waals surface area contributed by atoms with Crippen LogP contribution in [0.25, 0.3) is 0 Å². The fourth-order valence-corrected chi connectivity index (χ4v) is 3.22. The number of carbonyl (C=O) groups is 1. The molecule has 3 nitrogen and oxygen atoms in total. The second-order valence-corrected chi connectivity index (χ2v) is 5.91. The van der Waals surface area contributed by atoms with Gasteiger partial charge >= 0.3 is 51.4 Å². The molecule has 0 amide bonds. The monoisotopic (exact) mass is 354 g/mol. The van der Waals surface area contributed by atoms with E-state index < -0.39 is 5.97 Å². The molecule has 0 aromatic heterocycles. The molecule has 0 unspecified atom stereocenters. The van der Waals surface area contributed by atoms with E-state index in [2.05, 4.69) is 0 Å². The Kier molecular flexibility index (Phi) is 5.76. The Bertz CT molecular complexity index is 920. The molecule has 1 aliphatic rings. The van der Waals surface area contributed by atoms with E-state index in [9.17, 15) is 9.90 Å². The molecule has 1 heterocycles. The molecular weight excluding hydrogens is 339 g/mol. The molecule has 0 spiro atoms.